The van der Waals surface area contributed by atoms with Crippen molar-refractivity contribution in [3.63, 3.8) is 0 Å². The molecule has 5 aromatic carbocycles. The van der Waals surface area contributed by atoms with Crippen molar-refractivity contribution in [2.24, 2.45) is 4.99 Å². The topological polar surface area (TPSA) is 62.0 Å². The summed E-state index contributed by atoms with van der Waals surface area (Å²) in [6.45, 7) is 0.468. The number of hydrogen-bond donors (Lipinski definition) is 0. The summed E-state index contributed by atoms with van der Waals surface area (Å²) < 4.78 is 22.1. The second-order valence-electron chi connectivity index (χ2n) is 12.0. The van der Waals surface area contributed by atoms with Crippen LogP contribution in [0, 0.1) is 7.14 Å². The molecule has 1 aliphatic carbocycles. The summed E-state index contributed by atoms with van der Waals surface area (Å²) in [6.07, 6.45) is 3.69. The lowest BCUT2D eigenvalue weighted by atomic mass is 9.83. The first kappa shape index (κ1) is 32.3. The molecule has 1 atom stereocenters. The van der Waals surface area contributed by atoms with Crippen LogP contribution < -0.4 is 29.1 Å². The summed E-state index contributed by atoms with van der Waals surface area (Å²) in [5.74, 6) is 2.12. The van der Waals surface area contributed by atoms with Crippen molar-refractivity contribution in [2.75, 3.05) is 14.2 Å². The smallest absolute Gasteiger partial charge is 0.271 e. The number of aryl methyl sites for hydroxylation is 1. The van der Waals surface area contributed by atoms with Crippen LogP contribution in [0.4, 0.5) is 0 Å². The molecule has 0 fully saturated rings. The SMILES string of the molecule is COc1ccc([C@@H]2C3=C(N=c4s/c(=C\c5cc(I)c(OCc6cccc7ccccc67)c(I)c5)c(=O)n42)c2ccccc2CC3)cc1OC. The fraction of sp³-hybridized carbons (Fsp3) is 0.150. The first-order valence-corrected chi connectivity index (χ1v) is 18.8. The largest absolute Gasteiger partial charge is 0.493 e. The van der Waals surface area contributed by atoms with Gasteiger partial charge in [-0.05, 0) is 127 Å². The Morgan fingerprint density at radius 3 is 2.45 bits per heavy atom. The molecule has 0 unspecified atom stereocenters. The van der Waals surface area contributed by atoms with Crippen LogP contribution in [0.15, 0.2) is 112 Å². The third-order valence-corrected chi connectivity index (χ3v) is 11.8. The van der Waals surface area contributed by atoms with E-state index in [1.807, 2.05) is 28.8 Å². The van der Waals surface area contributed by atoms with Crippen molar-refractivity contribution >= 4 is 79.1 Å². The van der Waals surface area contributed by atoms with E-state index in [1.54, 1.807) is 14.2 Å². The van der Waals surface area contributed by atoms with Gasteiger partial charge in [0.2, 0.25) is 0 Å². The molecule has 0 radical (unpaired) electrons. The molecule has 2 heterocycles. The fourth-order valence-corrected chi connectivity index (χ4v) is 9.99. The van der Waals surface area contributed by atoms with E-state index in [-0.39, 0.29) is 11.6 Å². The average Bonchev–Trinajstić information content (AvgIpc) is 3.43. The van der Waals surface area contributed by atoms with E-state index >= 15 is 0 Å². The highest BCUT2D eigenvalue weighted by Crippen LogP contribution is 2.43. The number of methoxy groups -OCH3 is 2. The molecule has 1 aliphatic heterocycles. The Morgan fingerprint density at radius 2 is 1.63 bits per heavy atom. The van der Waals surface area contributed by atoms with E-state index < -0.39 is 0 Å². The predicted octanol–water partition coefficient (Wildman–Crippen LogP) is 8.28. The minimum atomic E-state index is -0.313. The minimum Gasteiger partial charge on any atom is -0.493 e. The molecule has 6 nitrogen and oxygen atoms in total. The monoisotopic (exact) mass is 888 g/mol. The molecule has 0 amide bonds. The lowest BCUT2D eigenvalue weighted by molar-refractivity contribution is 0.303. The number of allylic oxidation sites excluding steroid dienone is 1. The van der Waals surface area contributed by atoms with Gasteiger partial charge in [-0.25, -0.2) is 4.99 Å². The third-order valence-electron chi connectivity index (χ3n) is 9.17. The highest BCUT2D eigenvalue weighted by Gasteiger charge is 2.33. The molecular formula is C40H30I2N2O4S. The first-order chi connectivity index (χ1) is 23.9. The van der Waals surface area contributed by atoms with Gasteiger partial charge in [-0.15, -0.1) is 0 Å². The number of thiazole rings is 1. The zero-order chi connectivity index (χ0) is 33.6. The Bertz CT molecular complexity index is 2470. The van der Waals surface area contributed by atoms with Gasteiger partial charge in [-0.3, -0.25) is 9.36 Å². The number of ether oxygens (including phenoxy) is 3. The number of halogens is 2. The van der Waals surface area contributed by atoms with E-state index in [9.17, 15) is 4.79 Å². The van der Waals surface area contributed by atoms with Crippen molar-refractivity contribution < 1.29 is 14.2 Å². The molecule has 0 saturated carbocycles. The zero-order valence-corrected chi connectivity index (χ0v) is 31.8. The zero-order valence-electron chi connectivity index (χ0n) is 26.7. The second kappa shape index (κ2) is 13.4. The molecular weight excluding hydrogens is 858 g/mol. The van der Waals surface area contributed by atoms with Crippen molar-refractivity contribution in [1.29, 1.82) is 0 Å². The van der Waals surface area contributed by atoms with E-state index in [0.717, 1.165) is 59.3 Å². The number of hydrogen-bond acceptors (Lipinski definition) is 6. The lowest BCUT2D eigenvalue weighted by Gasteiger charge is -2.31. The molecule has 6 aromatic rings. The molecule has 0 spiro atoms. The summed E-state index contributed by atoms with van der Waals surface area (Å²) in [6, 6.07) is 32.9. The van der Waals surface area contributed by atoms with Crippen LogP contribution in [0.5, 0.6) is 17.2 Å². The van der Waals surface area contributed by atoms with Gasteiger partial charge < -0.3 is 14.2 Å². The van der Waals surface area contributed by atoms with Gasteiger partial charge in [0.1, 0.15) is 12.4 Å². The van der Waals surface area contributed by atoms with Crippen LogP contribution in [0.2, 0.25) is 0 Å². The molecule has 0 bridgehead atoms. The van der Waals surface area contributed by atoms with Gasteiger partial charge in [0.05, 0.1) is 37.6 Å². The number of aromatic nitrogens is 1. The molecule has 1 aromatic heterocycles. The Hall–Kier alpha value is -3.94. The second-order valence-corrected chi connectivity index (χ2v) is 15.3. The van der Waals surface area contributed by atoms with Crippen molar-refractivity contribution in [1.82, 2.24) is 4.57 Å². The molecule has 2 aliphatic rings. The molecule has 244 valence electrons. The summed E-state index contributed by atoms with van der Waals surface area (Å²) >= 11 is 6.09. The molecule has 9 heteroatoms. The highest BCUT2D eigenvalue weighted by molar-refractivity contribution is 14.1. The quantitative estimate of drug-likeness (QED) is 0.152. The molecule has 8 rings (SSSR count). The number of rotatable bonds is 7. The maximum Gasteiger partial charge on any atom is 0.271 e. The number of nitrogens with zero attached hydrogens (tertiary/aromatic N) is 2. The summed E-state index contributed by atoms with van der Waals surface area (Å²) in [5.41, 5.74) is 7.50. The Labute approximate surface area is 314 Å². The highest BCUT2D eigenvalue weighted by atomic mass is 127. The standard InChI is InChI=1S/C40H30I2N2O4S/c1-46-33-17-15-26(21-34(33)47-2)37-30-16-14-25-9-4-6-13-29(25)36(30)43-40-44(37)39(45)35(49-40)20-23-18-31(41)38(32(42)19-23)48-22-27-11-7-10-24-8-3-5-12-28(24)27/h3-13,15,17-21,37H,14,16,22H2,1-2H3/b35-20-/t37-/m1/s1. The fourth-order valence-electron chi connectivity index (χ4n) is 6.87. The molecule has 0 saturated heterocycles. The van der Waals surface area contributed by atoms with E-state index in [2.05, 4.69) is 124 Å². The first-order valence-electron chi connectivity index (χ1n) is 15.9. The van der Waals surface area contributed by atoms with Crippen LogP contribution in [-0.2, 0) is 13.0 Å². The van der Waals surface area contributed by atoms with E-state index in [1.165, 1.54) is 27.7 Å². The Morgan fingerprint density at radius 1 is 0.878 bits per heavy atom. The van der Waals surface area contributed by atoms with Gasteiger partial charge in [0.15, 0.2) is 16.3 Å². The number of benzene rings is 5. The summed E-state index contributed by atoms with van der Waals surface area (Å²) in [5, 5.41) is 2.39. The van der Waals surface area contributed by atoms with Crippen molar-refractivity contribution in [3.8, 4) is 17.2 Å². The third kappa shape index (κ3) is 5.89. The lowest BCUT2D eigenvalue weighted by Crippen LogP contribution is -2.38. The minimum absolute atomic E-state index is 0.0600. The Balaban J connectivity index is 1.20. The maximum atomic E-state index is 14.4. The molecule has 49 heavy (non-hydrogen) atoms. The van der Waals surface area contributed by atoms with Crippen molar-refractivity contribution in [3.05, 3.63) is 157 Å². The van der Waals surface area contributed by atoms with Crippen LogP contribution >= 0.6 is 56.5 Å². The Kier molecular flexibility index (Phi) is 8.83. The van der Waals surface area contributed by atoms with Crippen molar-refractivity contribution in [2.45, 2.75) is 25.5 Å². The van der Waals surface area contributed by atoms with E-state index in [4.69, 9.17) is 19.2 Å². The van der Waals surface area contributed by atoms with Crippen LogP contribution in [0.3, 0.4) is 0 Å². The maximum absolute atomic E-state index is 14.4. The predicted molar refractivity (Wildman–Crippen MR) is 212 cm³/mol. The van der Waals surface area contributed by atoms with E-state index in [0.29, 0.717) is 27.4 Å². The van der Waals surface area contributed by atoms with Gasteiger partial charge in [-0.1, -0.05) is 84.1 Å². The molecule has 0 N–H and O–H groups in total. The van der Waals surface area contributed by atoms with Gasteiger partial charge in [0, 0.05) is 5.56 Å². The van der Waals surface area contributed by atoms with Crippen LogP contribution in [0.25, 0.3) is 22.5 Å². The summed E-state index contributed by atoms with van der Waals surface area (Å²) in [4.78, 5) is 20.2. The van der Waals surface area contributed by atoms with Crippen LogP contribution in [0.1, 0.15) is 40.3 Å². The van der Waals surface area contributed by atoms with Crippen LogP contribution in [-0.4, -0.2) is 18.8 Å². The average molecular weight is 889 g/mol. The van der Waals surface area contributed by atoms with Gasteiger partial charge >= 0.3 is 0 Å². The van der Waals surface area contributed by atoms with Gasteiger partial charge in [-0.2, -0.15) is 0 Å². The number of fused-ring (bicyclic) bond motifs is 4. The normalized spacial score (nSPS) is 15.3. The van der Waals surface area contributed by atoms with Gasteiger partial charge in [0.25, 0.3) is 5.56 Å². The summed E-state index contributed by atoms with van der Waals surface area (Å²) in [7, 11) is 3.27.